The van der Waals surface area contributed by atoms with Crippen LogP contribution in [0.1, 0.15) is 38.1 Å². The third-order valence-corrected chi connectivity index (χ3v) is 4.48. The van der Waals surface area contributed by atoms with Crippen molar-refractivity contribution < 1.29 is 0 Å². The zero-order chi connectivity index (χ0) is 19.4. The van der Waals surface area contributed by atoms with Crippen LogP contribution in [0, 0.1) is 11.3 Å². The predicted molar refractivity (Wildman–Crippen MR) is 104 cm³/mol. The average Bonchev–Trinajstić information content (AvgIpc) is 3.05. The van der Waals surface area contributed by atoms with Gasteiger partial charge in [0.05, 0.1) is 18.2 Å². The number of aromatic amines is 1. The number of aromatic nitrogens is 4. The molecule has 0 fully saturated rings. The average molecular weight is 366 g/mol. The minimum atomic E-state index is -0.423. The molecular formula is C19H22N6O2. The van der Waals surface area contributed by atoms with Crippen LogP contribution in [0.3, 0.4) is 0 Å². The van der Waals surface area contributed by atoms with Crippen molar-refractivity contribution in [3.63, 3.8) is 0 Å². The van der Waals surface area contributed by atoms with Crippen molar-refractivity contribution in [1.29, 1.82) is 5.26 Å². The van der Waals surface area contributed by atoms with E-state index in [0.29, 0.717) is 42.2 Å². The molecule has 0 bridgehead atoms. The topological polar surface area (TPSA) is 108 Å². The molecule has 0 spiro atoms. The molecular weight excluding hydrogens is 344 g/mol. The Morgan fingerprint density at radius 1 is 1.19 bits per heavy atom. The Kier molecular flexibility index (Phi) is 5.41. The minimum absolute atomic E-state index is 0.399. The van der Waals surface area contributed by atoms with Crippen molar-refractivity contribution in [2.75, 3.05) is 5.32 Å². The lowest BCUT2D eigenvalue weighted by molar-refractivity contribution is 0.613. The van der Waals surface area contributed by atoms with Gasteiger partial charge in [-0.1, -0.05) is 13.3 Å². The van der Waals surface area contributed by atoms with E-state index < -0.39 is 11.2 Å². The van der Waals surface area contributed by atoms with Crippen LogP contribution in [0.5, 0.6) is 0 Å². The normalized spacial score (nSPS) is 10.9. The van der Waals surface area contributed by atoms with Gasteiger partial charge in [0.25, 0.3) is 5.56 Å². The fourth-order valence-corrected chi connectivity index (χ4v) is 3.06. The van der Waals surface area contributed by atoms with Gasteiger partial charge in [-0.2, -0.15) is 5.26 Å². The Morgan fingerprint density at radius 3 is 2.56 bits per heavy atom. The molecule has 0 amide bonds. The molecule has 2 N–H and O–H groups in total. The first-order valence-electron chi connectivity index (χ1n) is 9.05. The Balaban J connectivity index is 1.99. The first kappa shape index (κ1) is 18.5. The van der Waals surface area contributed by atoms with Gasteiger partial charge in [0.15, 0.2) is 11.2 Å². The summed E-state index contributed by atoms with van der Waals surface area (Å²) in [6.07, 6.45) is 1.77. The van der Waals surface area contributed by atoms with Crippen molar-refractivity contribution in [3.8, 4) is 6.07 Å². The second-order valence-electron chi connectivity index (χ2n) is 6.25. The molecule has 3 aromatic rings. The number of unbranched alkanes of at least 4 members (excludes halogenated alkanes) is 1. The van der Waals surface area contributed by atoms with Gasteiger partial charge in [-0.15, -0.1) is 0 Å². The Labute approximate surface area is 156 Å². The number of aryl methyl sites for hydroxylation is 2. The molecule has 2 aromatic heterocycles. The summed E-state index contributed by atoms with van der Waals surface area (Å²) >= 11 is 0. The van der Waals surface area contributed by atoms with E-state index in [0.717, 1.165) is 18.5 Å². The van der Waals surface area contributed by atoms with Crippen LogP contribution in [0.25, 0.3) is 11.2 Å². The van der Waals surface area contributed by atoms with Crippen LogP contribution >= 0.6 is 0 Å². The lowest BCUT2D eigenvalue weighted by Crippen LogP contribution is -2.31. The number of hydrogen-bond donors (Lipinski definition) is 2. The monoisotopic (exact) mass is 366 g/mol. The zero-order valence-corrected chi connectivity index (χ0v) is 15.5. The molecule has 0 saturated heterocycles. The molecule has 27 heavy (non-hydrogen) atoms. The summed E-state index contributed by atoms with van der Waals surface area (Å²) in [5.41, 5.74) is 1.45. The number of anilines is 1. The molecule has 0 atom stereocenters. The van der Waals surface area contributed by atoms with Crippen LogP contribution in [0.2, 0.25) is 0 Å². The second-order valence-corrected chi connectivity index (χ2v) is 6.25. The predicted octanol–water partition coefficient (Wildman–Crippen LogP) is 2.19. The summed E-state index contributed by atoms with van der Waals surface area (Å²) in [4.78, 5) is 31.6. The van der Waals surface area contributed by atoms with E-state index in [2.05, 4.69) is 21.4 Å². The molecule has 0 saturated carbocycles. The molecule has 0 radical (unpaired) electrons. The Hall–Kier alpha value is -3.34. The van der Waals surface area contributed by atoms with E-state index in [4.69, 9.17) is 5.26 Å². The minimum Gasteiger partial charge on any atom is -0.378 e. The lowest BCUT2D eigenvalue weighted by Gasteiger charge is -2.08. The number of nitrogens with zero attached hydrogens (tertiary/aromatic N) is 4. The van der Waals surface area contributed by atoms with E-state index in [1.165, 1.54) is 4.57 Å². The van der Waals surface area contributed by atoms with Crippen molar-refractivity contribution in [3.05, 3.63) is 56.5 Å². The van der Waals surface area contributed by atoms with Gasteiger partial charge in [0, 0.05) is 18.8 Å². The molecule has 2 heterocycles. The third kappa shape index (κ3) is 3.62. The smallest absolute Gasteiger partial charge is 0.330 e. The van der Waals surface area contributed by atoms with Crippen LogP contribution in [0.4, 0.5) is 5.69 Å². The highest BCUT2D eigenvalue weighted by Gasteiger charge is 2.17. The van der Waals surface area contributed by atoms with Gasteiger partial charge in [-0.3, -0.25) is 14.3 Å². The number of nitrogens with one attached hydrogen (secondary N) is 2. The van der Waals surface area contributed by atoms with Gasteiger partial charge in [-0.05, 0) is 37.6 Å². The summed E-state index contributed by atoms with van der Waals surface area (Å²) < 4.78 is 3.37. The molecule has 3 rings (SSSR count). The molecule has 8 nitrogen and oxygen atoms in total. The summed E-state index contributed by atoms with van der Waals surface area (Å²) in [5.74, 6) is 0.679. The summed E-state index contributed by atoms with van der Waals surface area (Å²) in [7, 11) is 0. The summed E-state index contributed by atoms with van der Waals surface area (Å²) in [6, 6.07) is 9.19. The fourth-order valence-electron chi connectivity index (χ4n) is 3.06. The van der Waals surface area contributed by atoms with E-state index in [1.54, 1.807) is 12.1 Å². The summed E-state index contributed by atoms with van der Waals surface area (Å²) in [6.45, 7) is 5.47. The fraction of sp³-hybridized carbons (Fsp3) is 0.368. The SMILES string of the molecule is CCCCn1c(=O)[nH]c(=O)c2c1nc(CNc1ccc(C#N)cc1)n2CC. The van der Waals surface area contributed by atoms with Crippen molar-refractivity contribution in [2.45, 2.75) is 46.3 Å². The van der Waals surface area contributed by atoms with Gasteiger partial charge < -0.3 is 9.88 Å². The number of imidazole rings is 1. The maximum absolute atomic E-state index is 12.4. The van der Waals surface area contributed by atoms with Gasteiger partial charge in [0.2, 0.25) is 0 Å². The highest BCUT2D eigenvalue weighted by Crippen LogP contribution is 2.15. The van der Waals surface area contributed by atoms with Crippen LogP contribution in [-0.4, -0.2) is 19.1 Å². The van der Waals surface area contributed by atoms with Crippen molar-refractivity contribution >= 4 is 16.9 Å². The van der Waals surface area contributed by atoms with E-state index in [9.17, 15) is 9.59 Å². The first-order chi connectivity index (χ1) is 13.1. The second kappa shape index (κ2) is 7.91. The highest BCUT2D eigenvalue weighted by atomic mass is 16.2. The molecule has 0 aliphatic carbocycles. The van der Waals surface area contributed by atoms with E-state index >= 15 is 0 Å². The van der Waals surface area contributed by atoms with Gasteiger partial charge in [0.1, 0.15) is 5.82 Å². The highest BCUT2D eigenvalue weighted by molar-refractivity contribution is 5.71. The molecule has 0 unspecified atom stereocenters. The lowest BCUT2D eigenvalue weighted by atomic mass is 10.2. The molecule has 0 aliphatic heterocycles. The van der Waals surface area contributed by atoms with E-state index in [1.807, 2.05) is 30.5 Å². The first-order valence-corrected chi connectivity index (χ1v) is 9.05. The van der Waals surface area contributed by atoms with Gasteiger partial charge >= 0.3 is 5.69 Å². The van der Waals surface area contributed by atoms with E-state index in [-0.39, 0.29) is 0 Å². The van der Waals surface area contributed by atoms with Crippen molar-refractivity contribution in [1.82, 2.24) is 19.1 Å². The quantitative estimate of drug-likeness (QED) is 0.666. The van der Waals surface area contributed by atoms with Crippen LogP contribution < -0.4 is 16.6 Å². The molecule has 140 valence electrons. The largest absolute Gasteiger partial charge is 0.378 e. The maximum Gasteiger partial charge on any atom is 0.330 e. The number of fused-ring (bicyclic) bond motifs is 1. The summed E-state index contributed by atoms with van der Waals surface area (Å²) in [5, 5.41) is 12.1. The number of hydrogen-bond acceptors (Lipinski definition) is 5. The van der Waals surface area contributed by atoms with Gasteiger partial charge in [-0.25, -0.2) is 9.78 Å². The molecule has 0 aliphatic rings. The van der Waals surface area contributed by atoms with Crippen LogP contribution in [0.15, 0.2) is 33.9 Å². The van der Waals surface area contributed by atoms with Crippen molar-refractivity contribution in [2.24, 2.45) is 0 Å². The number of rotatable bonds is 7. The Bertz CT molecular complexity index is 1100. The number of benzene rings is 1. The Morgan fingerprint density at radius 2 is 1.93 bits per heavy atom. The zero-order valence-electron chi connectivity index (χ0n) is 15.5. The maximum atomic E-state index is 12.4. The number of nitriles is 1. The molecule has 8 heteroatoms. The third-order valence-electron chi connectivity index (χ3n) is 4.48. The van der Waals surface area contributed by atoms with Crippen LogP contribution in [-0.2, 0) is 19.6 Å². The standard InChI is InChI=1S/C19H22N6O2/c1-3-5-10-25-17-16(18(26)23-19(25)27)24(4-2)15(22-17)12-21-14-8-6-13(11-20)7-9-14/h6-9,21H,3-5,10,12H2,1-2H3,(H,23,26,27). The number of H-pyrrole nitrogens is 1. The molecule has 1 aromatic carbocycles.